The molecule has 0 saturated heterocycles. The van der Waals surface area contributed by atoms with Crippen LogP contribution < -0.4 is 10.6 Å². The predicted octanol–water partition coefficient (Wildman–Crippen LogP) is 5.69. The minimum Gasteiger partial charge on any atom is -0.339 e. The van der Waals surface area contributed by atoms with Gasteiger partial charge in [-0.15, -0.1) is 0 Å². The molecule has 0 aliphatic heterocycles. The second-order valence-electron chi connectivity index (χ2n) is 7.54. The number of nitrogens with zero attached hydrogens (tertiary/aromatic N) is 5. The second-order valence-corrected chi connectivity index (χ2v) is 8.53. The number of aromatic nitrogens is 5. The van der Waals surface area contributed by atoms with Crippen LogP contribution in [-0.2, 0) is 13.0 Å². The molecule has 2 aromatic carbocycles. The van der Waals surface area contributed by atoms with E-state index in [1.165, 1.54) is 22.5 Å². The van der Waals surface area contributed by atoms with Crippen LogP contribution >= 0.6 is 11.3 Å². The molecule has 5 aromatic rings. The number of nitrogens with one attached hydrogen (secondary N) is 2. The van der Waals surface area contributed by atoms with Crippen molar-refractivity contribution in [2.75, 3.05) is 10.6 Å². The summed E-state index contributed by atoms with van der Waals surface area (Å²) in [6.07, 6.45) is 6.34. The van der Waals surface area contributed by atoms with Gasteiger partial charge in [0.15, 0.2) is 16.6 Å². The summed E-state index contributed by atoms with van der Waals surface area (Å²) in [5.74, 6) is 1.85. The Balaban J connectivity index is 1.33. The minimum atomic E-state index is 0.673. The fourth-order valence-corrected chi connectivity index (χ4v) is 4.45. The molecular weight excluding hydrogens is 418 g/mol. The molecule has 0 aliphatic carbocycles. The fraction of sp³-hybridized carbons (Fsp3) is 0.167. The van der Waals surface area contributed by atoms with Gasteiger partial charge in [-0.05, 0) is 42.3 Å². The van der Waals surface area contributed by atoms with E-state index in [9.17, 15) is 0 Å². The molecule has 0 atom stereocenters. The molecule has 32 heavy (non-hydrogen) atoms. The van der Waals surface area contributed by atoms with Gasteiger partial charge in [-0.3, -0.25) is 0 Å². The summed E-state index contributed by atoms with van der Waals surface area (Å²) < 4.78 is 3.09. The summed E-state index contributed by atoms with van der Waals surface area (Å²) >= 11 is 1.53. The molecule has 0 fully saturated rings. The summed E-state index contributed by atoms with van der Waals surface area (Å²) in [6.45, 7) is 5.00. The number of anilines is 4. The third kappa shape index (κ3) is 4.31. The lowest BCUT2D eigenvalue weighted by molar-refractivity contribution is 0.732. The lowest BCUT2D eigenvalue weighted by Gasteiger charge is -2.08. The standard InChI is InChI=1S/C24H23N7S/c1-3-20-25-11-12-31(20)14-17-7-9-18(10-8-17)29-24-30-23-21(32-24)22(26-15-27-23)28-19-6-4-5-16(2)13-19/h4-13,15H,3,14H2,1-2H3,(H2,26,27,28,29,30). The first-order chi connectivity index (χ1) is 15.7. The van der Waals surface area contributed by atoms with E-state index in [2.05, 4.69) is 85.4 Å². The van der Waals surface area contributed by atoms with Gasteiger partial charge in [-0.1, -0.05) is 42.5 Å². The maximum Gasteiger partial charge on any atom is 0.189 e. The summed E-state index contributed by atoms with van der Waals surface area (Å²) in [5, 5.41) is 7.56. The average Bonchev–Trinajstić information content (AvgIpc) is 3.42. The molecule has 0 aliphatic rings. The van der Waals surface area contributed by atoms with Crippen molar-refractivity contribution >= 4 is 44.0 Å². The zero-order valence-corrected chi connectivity index (χ0v) is 18.7. The maximum absolute atomic E-state index is 4.64. The zero-order chi connectivity index (χ0) is 21.9. The van der Waals surface area contributed by atoms with Crippen LogP contribution in [0, 0.1) is 6.92 Å². The van der Waals surface area contributed by atoms with Crippen molar-refractivity contribution in [1.29, 1.82) is 0 Å². The number of thiazole rings is 1. The van der Waals surface area contributed by atoms with Crippen LogP contribution in [0.5, 0.6) is 0 Å². The molecular formula is C24H23N7S. The van der Waals surface area contributed by atoms with Crippen LogP contribution in [0.4, 0.5) is 22.3 Å². The average molecular weight is 442 g/mol. The van der Waals surface area contributed by atoms with E-state index in [4.69, 9.17) is 0 Å². The Bertz CT molecular complexity index is 1350. The molecule has 0 spiro atoms. The maximum atomic E-state index is 4.64. The van der Waals surface area contributed by atoms with Crippen molar-refractivity contribution in [2.45, 2.75) is 26.8 Å². The Kier molecular flexibility index (Phi) is 5.51. The first-order valence-electron chi connectivity index (χ1n) is 10.5. The van der Waals surface area contributed by atoms with E-state index in [-0.39, 0.29) is 0 Å². The summed E-state index contributed by atoms with van der Waals surface area (Å²) in [4.78, 5) is 17.8. The van der Waals surface area contributed by atoms with E-state index in [0.29, 0.717) is 5.65 Å². The monoisotopic (exact) mass is 441 g/mol. The van der Waals surface area contributed by atoms with E-state index in [1.807, 2.05) is 24.5 Å². The molecule has 8 heteroatoms. The van der Waals surface area contributed by atoms with Gasteiger partial charge < -0.3 is 15.2 Å². The first kappa shape index (κ1) is 20.1. The fourth-order valence-electron chi connectivity index (χ4n) is 3.57. The van der Waals surface area contributed by atoms with Crippen molar-refractivity contribution in [3.63, 3.8) is 0 Å². The molecule has 2 N–H and O–H groups in total. The molecule has 5 rings (SSSR count). The highest BCUT2D eigenvalue weighted by Gasteiger charge is 2.11. The molecule has 3 heterocycles. The third-order valence-corrected chi connectivity index (χ3v) is 6.11. The van der Waals surface area contributed by atoms with Gasteiger partial charge in [0.2, 0.25) is 0 Å². The molecule has 0 saturated carbocycles. The highest BCUT2D eigenvalue weighted by Crippen LogP contribution is 2.32. The van der Waals surface area contributed by atoms with Crippen LogP contribution in [0.1, 0.15) is 23.9 Å². The molecule has 0 amide bonds. The van der Waals surface area contributed by atoms with Crippen LogP contribution in [-0.4, -0.2) is 24.5 Å². The number of rotatable bonds is 7. The van der Waals surface area contributed by atoms with Gasteiger partial charge in [0, 0.05) is 36.7 Å². The van der Waals surface area contributed by atoms with Gasteiger partial charge in [0.1, 0.15) is 16.9 Å². The van der Waals surface area contributed by atoms with Crippen LogP contribution in [0.2, 0.25) is 0 Å². The van der Waals surface area contributed by atoms with E-state index in [0.717, 1.165) is 45.8 Å². The Hall–Kier alpha value is -3.78. The summed E-state index contributed by atoms with van der Waals surface area (Å²) in [7, 11) is 0. The minimum absolute atomic E-state index is 0.673. The molecule has 0 unspecified atom stereocenters. The smallest absolute Gasteiger partial charge is 0.189 e. The highest BCUT2D eigenvalue weighted by atomic mass is 32.1. The van der Waals surface area contributed by atoms with Crippen molar-refractivity contribution in [2.24, 2.45) is 0 Å². The SMILES string of the molecule is CCc1nccn1Cc1ccc(Nc2nc3ncnc(Nc4cccc(C)c4)c3s2)cc1. The lowest BCUT2D eigenvalue weighted by atomic mass is 10.2. The van der Waals surface area contributed by atoms with E-state index >= 15 is 0 Å². The largest absolute Gasteiger partial charge is 0.339 e. The highest BCUT2D eigenvalue weighted by molar-refractivity contribution is 7.22. The number of benzene rings is 2. The third-order valence-electron chi connectivity index (χ3n) is 5.15. The quantitative estimate of drug-likeness (QED) is 0.338. The van der Waals surface area contributed by atoms with E-state index < -0.39 is 0 Å². The Labute approximate surface area is 190 Å². The van der Waals surface area contributed by atoms with Gasteiger partial charge in [0.05, 0.1) is 0 Å². The first-order valence-corrected chi connectivity index (χ1v) is 11.3. The molecule has 0 bridgehead atoms. The zero-order valence-electron chi connectivity index (χ0n) is 17.9. The van der Waals surface area contributed by atoms with Crippen molar-refractivity contribution in [3.05, 3.63) is 84.2 Å². The molecule has 7 nitrogen and oxygen atoms in total. The molecule has 0 radical (unpaired) electrons. The predicted molar refractivity (Wildman–Crippen MR) is 130 cm³/mol. The Morgan fingerprint density at radius 3 is 2.66 bits per heavy atom. The Morgan fingerprint density at radius 2 is 1.84 bits per heavy atom. The number of imidazole rings is 1. The van der Waals surface area contributed by atoms with Gasteiger partial charge in [-0.2, -0.15) is 4.98 Å². The number of hydrogen-bond donors (Lipinski definition) is 2. The Morgan fingerprint density at radius 1 is 0.969 bits per heavy atom. The lowest BCUT2D eigenvalue weighted by Crippen LogP contribution is -2.03. The van der Waals surface area contributed by atoms with Crippen LogP contribution in [0.3, 0.4) is 0 Å². The molecule has 3 aromatic heterocycles. The van der Waals surface area contributed by atoms with Gasteiger partial charge >= 0.3 is 0 Å². The summed E-state index contributed by atoms with van der Waals surface area (Å²) in [6, 6.07) is 16.6. The van der Waals surface area contributed by atoms with Crippen molar-refractivity contribution in [3.8, 4) is 0 Å². The number of fused-ring (bicyclic) bond motifs is 1. The topological polar surface area (TPSA) is 80.6 Å². The normalized spacial score (nSPS) is 11.1. The van der Waals surface area contributed by atoms with Crippen molar-refractivity contribution in [1.82, 2.24) is 24.5 Å². The van der Waals surface area contributed by atoms with Gasteiger partial charge in [-0.25, -0.2) is 15.0 Å². The second kappa shape index (κ2) is 8.76. The molecule has 160 valence electrons. The van der Waals surface area contributed by atoms with Gasteiger partial charge in [0.25, 0.3) is 0 Å². The summed E-state index contributed by atoms with van der Waals surface area (Å²) in [5.41, 5.74) is 5.06. The van der Waals surface area contributed by atoms with Crippen LogP contribution in [0.15, 0.2) is 67.3 Å². The van der Waals surface area contributed by atoms with Crippen molar-refractivity contribution < 1.29 is 0 Å². The van der Waals surface area contributed by atoms with Crippen LogP contribution in [0.25, 0.3) is 10.3 Å². The van der Waals surface area contributed by atoms with E-state index in [1.54, 1.807) is 6.33 Å². The number of hydrogen-bond acceptors (Lipinski definition) is 7. The number of aryl methyl sites for hydroxylation is 2.